The third-order valence-electron chi connectivity index (χ3n) is 17.5. The zero-order chi connectivity index (χ0) is 98.3. The van der Waals surface area contributed by atoms with Crippen LogP contribution in [0.3, 0.4) is 0 Å². The first-order chi connectivity index (χ1) is 61.3. The zero-order valence-electron chi connectivity index (χ0n) is 90.7. The Hall–Kier alpha value is -9.67. The summed E-state index contributed by atoms with van der Waals surface area (Å²) in [7, 11) is 0. The molecule has 0 atom stereocenters. The van der Waals surface area contributed by atoms with Gasteiger partial charge in [-0.05, 0) is 182 Å². The number of ether oxygens (including phenoxy) is 1. The van der Waals surface area contributed by atoms with Gasteiger partial charge in [0.1, 0.15) is 5.82 Å². The van der Waals surface area contributed by atoms with E-state index in [2.05, 4.69) is 24.5 Å². The Balaban J connectivity index is 0.0000144. The minimum Gasteiger partial charge on any atom is -0.510 e. The molecule has 0 saturated carbocycles. The molecule has 0 N–H and O–H groups in total. The molecule has 3 heterocycles. The molecule has 98 heavy (non-hydrogen) atoms. The van der Waals surface area contributed by atoms with Crippen molar-refractivity contribution >= 4 is 32.8 Å². The second-order valence-electron chi connectivity index (χ2n) is 27.5. The van der Waals surface area contributed by atoms with E-state index in [1.807, 2.05) is 59.7 Å². The summed E-state index contributed by atoms with van der Waals surface area (Å²) in [5.74, 6) is -0.0340. The number of hydrogen-bond acceptors (Lipinski definition) is 2. The first-order valence-corrected chi connectivity index (χ1v) is 31.3. The van der Waals surface area contributed by atoms with E-state index in [9.17, 15) is 21.9 Å². The number of imidazole rings is 1. The molecule has 0 saturated heterocycles. The Labute approximate surface area is 644 Å². The average Bonchev–Trinajstić information content (AvgIpc) is 1.49. The number of hydrogen-bond donors (Lipinski definition) is 0. The van der Waals surface area contributed by atoms with Crippen molar-refractivity contribution in [1.29, 1.82) is 0 Å². The van der Waals surface area contributed by atoms with Crippen LogP contribution in [0.15, 0.2) is 242 Å². The van der Waals surface area contributed by atoms with Gasteiger partial charge in [0.2, 0.25) is 0 Å². The quantitative estimate of drug-likeness (QED) is 0.0956. The Morgan fingerprint density at radius 3 is 1.73 bits per heavy atom. The Morgan fingerprint density at radius 2 is 1.09 bits per heavy atom. The van der Waals surface area contributed by atoms with Crippen molar-refractivity contribution in [3.63, 3.8) is 0 Å². The van der Waals surface area contributed by atoms with Gasteiger partial charge in [0.15, 0.2) is 0 Å². The monoisotopic (exact) mass is 1490 g/mol. The fourth-order valence-electron chi connectivity index (χ4n) is 12.4. The van der Waals surface area contributed by atoms with Crippen molar-refractivity contribution in [2.24, 2.45) is 0 Å². The molecular formula is C92H84N4OPt-2. The molecule has 11 aromatic carbocycles. The van der Waals surface area contributed by atoms with Crippen molar-refractivity contribution in [2.75, 3.05) is 0 Å². The van der Waals surface area contributed by atoms with E-state index in [4.69, 9.17) is 37.1 Å². The maximum atomic E-state index is 10.8. The predicted molar refractivity (Wildman–Crippen MR) is 404 cm³/mol. The van der Waals surface area contributed by atoms with Crippen molar-refractivity contribution in [1.82, 2.24) is 14.1 Å². The van der Waals surface area contributed by atoms with Gasteiger partial charge < -0.3 is 13.9 Å². The van der Waals surface area contributed by atoms with Gasteiger partial charge >= 0.3 is 0 Å². The topological polar surface area (TPSA) is 35.9 Å². The average molecular weight is 1490 g/mol. The van der Waals surface area contributed by atoms with Gasteiger partial charge in [-0.15, -0.1) is 29.7 Å². The minimum atomic E-state index is -4.01. The van der Waals surface area contributed by atoms with E-state index >= 15 is 0 Å². The van der Waals surface area contributed by atoms with E-state index in [1.54, 1.807) is 86.0 Å². The molecule has 0 radical (unpaired) electrons. The summed E-state index contributed by atoms with van der Waals surface area (Å²) in [6.07, 6.45) is 2.75. The molecule has 490 valence electrons. The Morgan fingerprint density at radius 1 is 0.490 bits per heavy atom. The van der Waals surface area contributed by atoms with Crippen LogP contribution in [0.1, 0.15) is 179 Å². The summed E-state index contributed by atoms with van der Waals surface area (Å²) < 4.78 is 346. The maximum absolute atomic E-state index is 10.8. The molecule has 5 nitrogen and oxygen atoms in total. The van der Waals surface area contributed by atoms with Gasteiger partial charge in [0, 0.05) is 70.4 Å². The van der Waals surface area contributed by atoms with E-state index in [1.165, 1.54) is 33.4 Å². The van der Waals surface area contributed by atoms with Crippen molar-refractivity contribution in [2.45, 2.75) is 130 Å². The third-order valence-corrected chi connectivity index (χ3v) is 17.5. The molecule has 6 heteroatoms. The molecular weight excluding hydrogens is 1370 g/mol. The molecule has 3 aromatic heterocycles. The van der Waals surface area contributed by atoms with Crippen LogP contribution in [0.2, 0.25) is 0 Å². The molecule has 0 aliphatic heterocycles. The minimum absolute atomic E-state index is 0. The fraction of sp³-hybridized carbons (Fsp3) is 0.217. The first kappa shape index (κ1) is 35.7. The molecule has 0 amide bonds. The molecule has 0 unspecified atom stereocenters. The van der Waals surface area contributed by atoms with Crippen molar-refractivity contribution in [3.8, 4) is 95.5 Å². The molecule has 1 aliphatic rings. The first-order valence-electron chi connectivity index (χ1n) is 49.3. The van der Waals surface area contributed by atoms with Crippen LogP contribution in [-0.2, 0) is 48.1 Å². The number of rotatable bonds is 11. The van der Waals surface area contributed by atoms with Gasteiger partial charge in [-0.1, -0.05) is 265 Å². The Bertz CT molecular complexity index is 7090. The number of para-hydroxylation sites is 1. The van der Waals surface area contributed by atoms with Crippen LogP contribution >= 0.6 is 0 Å². The van der Waals surface area contributed by atoms with E-state index in [-0.39, 0.29) is 71.7 Å². The normalized spacial score (nSPS) is 19.6. The van der Waals surface area contributed by atoms with E-state index < -0.39 is 267 Å². The van der Waals surface area contributed by atoms with Gasteiger partial charge in [-0.3, -0.25) is 4.57 Å². The maximum Gasteiger partial charge on any atom is 0.268 e. The van der Waals surface area contributed by atoms with Gasteiger partial charge in [0.05, 0.1) is 45.5 Å². The Kier molecular flexibility index (Phi) is 9.00. The van der Waals surface area contributed by atoms with Gasteiger partial charge in [-0.2, -0.15) is 18.2 Å². The summed E-state index contributed by atoms with van der Waals surface area (Å²) in [6.45, 7) is -1.70. The second-order valence-corrected chi connectivity index (χ2v) is 27.5. The standard InChI is InChI=1S/C92H84N4O.Pt/c1-59-43-86(93-56-79(59)62-31-22-17-23-32-62)96-82-36-25-24-35-75(82)76-40-39-74(55-84(76)96)97-73-34-26-33-72(54-73)94-58-95(83-42-38-63(50-85(83)94)67-47-69(88(2,3)4)51-70(48-67)89(5,6)7)87-77(64-37-41-80-81(49-64)92(13,14)57-91(80,11)12)52-71(90(8,9)10)53-78(87)68-45-65(60-27-18-15-19-28-60)44-66(46-68)61-29-20-16-21-30-61;/h15-53,56H,57H2,1-14H3;/q-2;/i1D3,11D3,12D3,13D3,14D3,15D,16D,17D,18D,19D,20D,21D,22D,23D,27D,28D,29D,30D,31D,32D,37D,41D,44D,45D,46D,49D;. The van der Waals surface area contributed by atoms with Crippen LogP contribution in [0.5, 0.6) is 11.5 Å². The number of nitrogens with zero attached hydrogens (tertiary/aromatic N) is 4. The number of aryl methyl sites for hydroxylation is 1. The molecule has 14 aromatic rings. The van der Waals surface area contributed by atoms with Crippen LogP contribution < -0.4 is 9.30 Å². The summed E-state index contributed by atoms with van der Waals surface area (Å²) in [6, 6.07) is 16.5. The predicted octanol–water partition coefficient (Wildman–Crippen LogP) is 23.8. The summed E-state index contributed by atoms with van der Waals surface area (Å²) in [4.78, 5) is 4.71. The van der Waals surface area contributed by atoms with E-state index in [0.717, 1.165) is 17.3 Å². The fourth-order valence-corrected chi connectivity index (χ4v) is 12.4. The molecule has 15 rings (SSSR count). The molecule has 0 bridgehead atoms. The number of pyridine rings is 1. The summed E-state index contributed by atoms with van der Waals surface area (Å²) in [5, 5.41) is 1.19. The van der Waals surface area contributed by atoms with Gasteiger partial charge in [-0.25, -0.2) is 4.98 Å². The van der Waals surface area contributed by atoms with Crippen LogP contribution in [0.4, 0.5) is 0 Å². The van der Waals surface area contributed by atoms with Crippen LogP contribution in [0, 0.1) is 25.3 Å². The third kappa shape index (κ3) is 12.2. The zero-order valence-corrected chi connectivity index (χ0v) is 57.0. The molecule has 0 spiro atoms. The number of benzene rings is 11. The molecule has 1 aliphatic carbocycles. The van der Waals surface area contributed by atoms with E-state index in [0.29, 0.717) is 27.4 Å². The summed E-state index contributed by atoms with van der Waals surface area (Å²) in [5.41, 5.74) is -15.8. The number of fused-ring (bicyclic) bond motifs is 5. The van der Waals surface area contributed by atoms with Crippen molar-refractivity contribution < 1.29 is 79.7 Å². The summed E-state index contributed by atoms with van der Waals surface area (Å²) >= 11 is 0. The van der Waals surface area contributed by atoms with Crippen LogP contribution in [0.25, 0.3) is 117 Å². The SMILES string of the molecule is [2H]c1c([2H])c([2H])c(-c2cnc(-n3c4[c-]c(Oc5[c-]c(-n6[c-][n+](-c7c(-c8c([2H])c(-c9c([2H])c([2H])c([2H])c([2H])c9[2H])c([2H])c(-c9c([2H])c([2H])c([2H])c([2H])c9[2H])c8[2H])cc(C(C)(C)C)cc7-c7c([2H])c([2H])c8c(c7[2H])C(C([2H])([2H])[2H])(C([2H])([2H])[2H])CC8(C([2H])([2H])[2H])C([2H])([2H])[2H])c7ccc(-c8cc(C(C)(C)C)cc(C(C)(C)C)c8)cc76)ccc5)ccc4c4ccccc43)cc2C([2H])([2H])[2H])c([2H])c1[2H].[Pt]. The molecule has 0 fully saturated rings. The second kappa shape index (κ2) is 24.7. The van der Waals surface area contributed by atoms with Crippen LogP contribution in [-0.4, -0.2) is 14.1 Å². The van der Waals surface area contributed by atoms with Crippen molar-refractivity contribution in [3.05, 3.63) is 294 Å². The van der Waals surface area contributed by atoms with Gasteiger partial charge in [0.25, 0.3) is 6.33 Å². The largest absolute Gasteiger partial charge is 0.510 e. The smallest absolute Gasteiger partial charge is 0.268 e. The number of aromatic nitrogens is 4.